The summed E-state index contributed by atoms with van der Waals surface area (Å²) in [7, 11) is 3.15. The summed E-state index contributed by atoms with van der Waals surface area (Å²) < 4.78 is 10.8. The van der Waals surface area contributed by atoms with Gasteiger partial charge >= 0.3 is 0 Å². The van der Waals surface area contributed by atoms with Gasteiger partial charge in [0.15, 0.2) is 17.3 Å². The summed E-state index contributed by atoms with van der Waals surface area (Å²) in [5.74, 6) is 0.738. The topological polar surface area (TPSA) is 76.1 Å². The number of nitrogens with zero attached hydrogens (tertiary/aromatic N) is 1. The number of rotatable bonds is 3. The lowest BCUT2D eigenvalue weighted by Gasteiger charge is -2.40. The number of hydrogen-bond acceptors (Lipinski definition) is 5. The highest BCUT2D eigenvalue weighted by molar-refractivity contribution is 6.24. The fourth-order valence-corrected chi connectivity index (χ4v) is 3.96. The van der Waals surface area contributed by atoms with Crippen LogP contribution in [0.25, 0.3) is 6.08 Å². The van der Waals surface area contributed by atoms with Crippen LogP contribution in [0.3, 0.4) is 0 Å². The molecule has 1 fully saturated rings. The Labute approximate surface area is 163 Å². The SMILES string of the molecule is COc1cc2c(cc1OC)[C@@H]1CC(=O)/C(=C/c3ccccc3O)C(=O)N1CC2. The Hall–Kier alpha value is -3.28. The smallest absolute Gasteiger partial charge is 0.258 e. The number of ketones is 1. The van der Waals surface area contributed by atoms with Gasteiger partial charge in [0, 0.05) is 18.5 Å². The molecule has 6 heteroatoms. The van der Waals surface area contributed by atoms with E-state index in [0.29, 0.717) is 30.0 Å². The highest BCUT2D eigenvalue weighted by Crippen LogP contribution is 2.42. The fourth-order valence-electron chi connectivity index (χ4n) is 3.96. The van der Waals surface area contributed by atoms with E-state index >= 15 is 0 Å². The molecule has 4 rings (SSSR count). The van der Waals surface area contributed by atoms with Crippen LogP contribution in [-0.2, 0) is 16.0 Å². The van der Waals surface area contributed by atoms with Crippen molar-refractivity contribution >= 4 is 17.8 Å². The summed E-state index contributed by atoms with van der Waals surface area (Å²) in [4.78, 5) is 27.6. The van der Waals surface area contributed by atoms with Crippen LogP contribution in [0.4, 0.5) is 0 Å². The van der Waals surface area contributed by atoms with E-state index in [1.165, 1.54) is 12.1 Å². The van der Waals surface area contributed by atoms with Crippen molar-refractivity contribution in [1.29, 1.82) is 0 Å². The summed E-state index contributed by atoms with van der Waals surface area (Å²) in [5.41, 5.74) is 2.56. The van der Waals surface area contributed by atoms with Crippen molar-refractivity contribution in [3.63, 3.8) is 0 Å². The molecule has 0 saturated carbocycles. The molecular weight excluding hydrogens is 358 g/mol. The molecule has 2 aliphatic rings. The van der Waals surface area contributed by atoms with Crippen LogP contribution in [0, 0.1) is 0 Å². The van der Waals surface area contributed by atoms with Gasteiger partial charge in [-0.1, -0.05) is 18.2 Å². The van der Waals surface area contributed by atoms with E-state index in [1.807, 2.05) is 12.1 Å². The lowest BCUT2D eigenvalue weighted by Crippen LogP contribution is -2.46. The van der Waals surface area contributed by atoms with Gasteiger partial charge in [0.05, 0.1) is 25.8 Å². The minimum absolute atomic E-state index is 0.0403. The number of fused-ring (bicyclic) bond motifs is 3. The third kappa shape index (κ3) is 2.91. The number of benzene rings is 2. The first-order chi connectivity index (χ1) is 13.5. The number of piperidine rings is 1. The van der Waals surface area contributed by atoms with E-state index in [2.05, 4.69) is 0 Å². The molecule has 2 aromatic carbocycles. The average Bonchev–Trinajstić information content (AvgIpc) is 2.71. The Balaban J connectivity index is 1.72. The Morgan fingerprint density at radius 3 is 2.54 bits per heavy atom. The average molecular weight is 379 g/mol. The van der Waals surface area contributed by atoms with Crippen molar-refractivity contribution in [1.82, 2.24) is 4.90 Å². The molecule has 28 heavy (non-hydrogen) atoms. The molecule has 1 saturated heterocycles. The molecule has 6 nitrogen and oxygen atoms in total. The van der Waals surface area contributed by atoms with E-state index in [4.69, 9.17) is 9.47 Å². The Kier molecular flexibility index (Phi) is 4.55. The van der Waals surface area contributed by atoms with Crippen molar-refractivity contribution in [3.05, 3.63) is 58.7 Å². The fraction of sp³-hybridized carbons (Fsp3) is 0.273. The monoisotopic (exact) mass is 379 g/mol. The van der Waals surface area contributed by atoms with E-state index in [1.54, 1.807) is 37.3 Å². The third-order valence-electron chi connectivity index (χ3n) is 5.41. The molecule has 2 heterocycles. The number of ether oxygens (including phenoxy) is 2. The second kappa shape index (κ2) is 7.03. The molecule has 2 aliphatic heterocycles. The highest BCUT2D eigenvalue weighted by atomic mass is 16.5. The number of carbonyl (C=O) groups is 2. The first-order valence-electron chi connectivity index (χ1n) is 9.12. The molecule has 0 aliphatic carbocycles. The van der Waals surface area contributed by atoms with Gasteiger partial charge in [-0.2, -0.15) is 0 Å². The van der Waals surface area contributed by atoms with Gasteiger partial charge < -0.3 is 19.5 Å². The number of phenols is 1. The van der Waals surface area contributed by atoms with Gasteiger partial charge in [0.25, 0.3) is 5.91 Å². The zero-order chi connectivity index (χ0) is 19.8. The molecule has 0 spiro atoms. The van der Waals surface area contributed by atoms with Gasteiger partial charge in [-0.25, -0.2) is 0 Å². The highest BCUT2D eigenvalue weighted by Gasteiger charge is 2.41. The normalized spacial score (nSPS) is 20.0. The molecule has 0 unspecified atom stereocenters. The maximum absolute atomic E-state index is 13.1. The first kappa shape index (κ1) is 18.1. The van der Waals surface area contributed by atoms with Crippen molar-refractivity contribution < 1.29 is 24.2 Å². The Bertz CT molecular complexity index is 994. The molecule has 0 bridgehead atoms. The largest absolute Gasteiger partial charge is 0.507 e. The van der Waals surface area contributed by atoms with E-state index in [9.17, 15) is 14.7 Å². The van der Waals surface area contributed by atoms with Crippen LogP contribution in [0.1, 0.15) is 29.2 Å². The van der Waals surface area contributed by atoms with Crippen LogP contribution in [0.5, 0.6) is 17.2 Å². The maximum atomic E-state index is 13.1. The Morgan fingerprint density at radius 2 is 1.82 bits per heavy atom. The molecule has 0 aromatic heterocycles. The quantitative estimate of drug-likeness (QED) is 0.656. The second-order valence-electron chi connectivity index (χ2n) is 6.91. The minimum Gasteiger partial charge on any atom is -0.507 e. The number of para-hydroxylation sites is 1. The van der Waals surface area contributed by atoms with Crippen molar-refractivity contribution in [2.24, 2.45) is 0 Å². The zero-order valence-corrected chi connectivity index (χ0v) is 15.8. The van der Waals surface area contributed by atoms with E-state index < -0.39 is 0 Å². The van der Waals surface area contributed by atoms with E-state index in [0.717, 1.165) is 11.1 Å². The number of methoxy groups -OCH3 is 2. The van der Waals surface area contributed by atoms with Crippen LogP contribution in [-0.4, -0.2) is 42.5 Å². The molecule has 1 N–H and O–H groups in total. The van der Waals surface area contributed by atoms with Gasteiger partial charge in [0.2, 0.25) is 0 Å². The number of phenolic OH excluding ortho intramolecular Hbond substituents is 1. The molecule has 2 aromatic rings. The molecule has 0 radical (unpaired) electrons. The number of amides is 1. The lowest BCUT2D eigenvalue weighted by molar-refractivity contribution is -0.136. The van der Waals surface area contributed by atoms with Crippen LogP contribution in [0.15, 0.2) is 42.0 Å². The lowest BCUT2D eigenvalue weighted by atomic mass is 9.83. The summed E-state index contributed by atoms with van der Waals surface area (Å²) in [6, 6.07) is 10.1. The number of carbonyl (C=O) groups excluding carboxylic acids is 2. The predicted octanol–water partition coefficient (Wildman–Crippen LogP) is 2.89. The van der Waals surface area contributed by atoms with E-state index in [-0.39, 0.29) is 35.5 Å². The summed E-state index contributed by atoms with van der Waals surface area (Å²) in [6.07, 6.45) is 2.37. The number of aromatic hydroxyl groups is 1. The Morgan fingerprint density at radius 1 is 1.11 bits per heavy atom. The summed E-state index contributed by atoms with van der Waals surface area (Å²) >= 11 is 0. The molecule has 1 amide bonds. The molecule has 144 valence electrons. The molecule has 1 atom stereocenters. The second-order valence-corrected chi connectivity index (χ2v) is 6.91. The standard InChI is InChI=1S/C22H21NO5/c1-27-20-10-13-7-8-23-17(15(13)11-21(20)28-2)12-19(25)16(22(23)26)9-14-5-3-4-6-18(14)24/h3-6,9-11,17,24H,7-8,12H2,1-2H3/b16-9-/t17-/m0/s1. The zero-order valence-electron chi connectivity index (χ0n) is 15.8. The molecular formula is C22H21NO5. The maximum Gasteiger partial charge on any atom is 0.258 e. The van der Waals surface area contributed by atoms with Crippen molar-refractivity contribution in [2.75, 3.05) is 20.8 Å². The van der Waals surface area contributed by atoms with Crippen LogP contribution in [0.2, 0.25) is 0 Å². The van der Waals surface area contributed by atoms with Crippen LogP contribution >= 0.6 is 0 Å². The van der Waals surface area contributed by atoms with Crippen molar-refractivity contribution in [2.45, 2.75) is 18.9 Å². The van der Waals surface area contributed by atoms with Gasteiger partial charge in [-0.15, -0.1) is 0 Å². The van der Waals surface area contributed by atoms with Crippen LogP contribution < -0.4 is 9.47 Å². The predicted molar refractivity (Wildman–Crippen MR) is 103 cm³/mol. The number of hydrogen-bond donors (Lipinski definition) is 1. The van der Waals surface area contributed by atoms with Gasteiger partial charge in [0.1, 0.15) is 5.75 Å². The van der Waals surface area contributed by atoms with Gasteiger partial charge in [-0.3, -0.25) is 9.59 Å². The van der Waals surface area contributed by atoms with Gasteiger partial charge in [-0.05, 0) is 41.8 Å². The third-order valence-corrected chi connectivity index (χ3v) is 5.41. The summed E-state index contributed by atoms with van der Waals surface area (Å²) in [6.45, 7) is 0.525. The minimum atomic E-state index is -0.315. The van der Waals surface area contributed by atoms with Crippen molar-refractivity contribution in [3.8, 4) is 17.2 Å². The summed E-state index contributed by atoms with van der Waals surface area (Å²) in [5, 5.41) is 9.98. The number of Topliss-reactive ketones (excluding diaryl/α,β-unsaturated/α-hetero) is 1. The first-order valence-corrected chi connectivity index (χ1v) is 9.12.